The highest BCUT2D eigenvalue weighted by Crippen LogP contribution is 2.21. The Balaban J connectivity index is 0.000000160. The highest BCUT2D eigenvalue weighted by molar-refractivity contribution is 9.11. The molecule has 2 heterocycles. The molecule has 0 aliphatic rings. The fraction of sp³-hybridized carbons (Fsp3) is 0.100. The molecule has 0 aliphatic carbocycles. The maximum atomic E-state index is 10.0. The maximum Gasteiger partial charge on any atom is 0.160 e. The quantitative estimate of drug-likeness (QED) is 0.783. The summed E-state index contributed by atoms with van der Waals surface area (Å²) in [6, 6.07) is 7.46. The highest BCUT2D eigenvalue weighted by atomic mass is 79.9. The van der Waals surface area contributed by atoms with Crippen molar-refractivity contribution in [3.8, 4) is 0 Å². The maximum absolute atomic E-state index is 10.0. The Morgan fingerprint density at radius 3 is 2.00 bits per heavy atom. The first-order valence-electron chi connectivity index (χ1n) is 4.21. The molecule has 86 valence electrons. The number of thiophene rings is 2. The van der Waals surface area contributed by atoms with Crippen molar-refractivity contribution in [3.05, 3.63) is 41.6 Å². The smallest absolute Gasteiger partial charge is 0.160 e. The molecule has 1 N–H and O–H groups in total. The lowest BCUT2D eigenvalue weighted by Crippen LogP contribution is -1.69. The average Bonchev–Trinajstić information content (AvgIpc) is 2.88. The van der Waals surface area contributed by atoms with Gasteiger partial charge in [-0.25, -0.2) is 0 Å². The first-order chi connectivity index (χ1) is 7.65. The Bertz CT molecular complexity index is 451. The monoisotopic (exact) mass is 382 g/mol. The Kier molecular flexibility index (Phi) is 6.45. The summed E-state index contributed by atoms with van der Waals surface area (Å²) in [7, 11) is 0. The van der Waals surface area contributed by atoms with Crippen LogP contribution in [0.3, 0.4) is 0 Å². The van der Waals surface area contributed by atoms with Crippen molar-refractivity contribution in [3.63, 3.8) is 0 Å². The number of aliphatic hydroxyl groups excluding tert-OH is 1. The zero-order valence-corrected chi connectivity index (χ0v) is 12.8. The summed E-state index contributed by atoms with van der Waals surface area (Å²) in [5.74, 6) is 0. The molecule has 2 aromatic heterocycles. The van der Waals surface area contributed by atoms with E-state index in [0.29, 0.717) is 0 Å². The van der Waals surface area contributed by atoms with E-state index in [4.69, 9.17) is 5.11 Å². The molecule has 0 aromatic carbocycles. The number of carbonyl (C=O) groups excluding carboxylic acids is 1. The molecule has 2 rings (SSSR count). The molecule has 0 atom stereocenters. The number of hydrogen-bond donors (Lipinski definition) is 1. The van der Waals surface area contributed by atoms with Crippen LogP contribution in [0.25, 0.3) is 0 Å². The summed E-state index contributed by atoms with van der Waals surface area (Å²) in [5.41, 5.74) is 0. The Morgan fingerprint density at radius 1 is 1.12 bits per heavy atom. The predicted octanol–water partition coefficient (Wildman–Crippen LogP) is 4.33. The zero-order chi connectivity index (χ0) is 12.0. The first kappa shape index (κ1) is 14.1. The molecule has 16 heavy (non-hydrogen) atoms. The van der Waals surface area contributed by atoms with Gasteiger partial charge in [0.2, 0.25) is 0 Å². The van der Waals surface area contributed by atoms with E-state index < -0.39 is 0 Å². The lowest BCUT2D eigenvalue weighted by atomic mass is 10.5. The summed E-state index contributed by atoms with van der Waals surface area (Å²) in [6.45, 7) is 0.149. The lowest BCUT2D eigenvalue weighted by molar-refractivity contribution is 0.112. The molecule has 0 bridgehead atoms. The third-order valence-electron chi connectivity index (χ3n) is 1.49. The molecule has 0 saturated carbocycles. The van der Waals surface area contributed by atoms with Crippen LogP contribution in [0.2, 0.25) is 0 Å². The molecule has 0 unspecified atom stereocenters. The van der Waals surface area contributed by atoms with E-state index in [1.807, 2.05) is 18.2 Å². The number of aliphatic hydroxyl groups is 1. The van der Waals surface area contributed by atoms with Crippen LogP contribution in [-0.2, 0) is 6.61 Å². The normalized spacial score (nSPS) is 9.44. The van der Waals surface area contributed by atoms with Gasteiger partial charge in [0.1, 0.15) is 0 Å². The largest absolute Gasteiger partial charge is 0.391 e. The molecular weight excluding hydrogens is 376 g/mol. The van der Waals surface area contributed by atoms with E-state index in [9.17, 15) is 4.79 Å². The molecule has 0 radical (unpaired) electrons. The van der Waals surface area contributed by atoms with Crippen molar-refractivity contribution in [2.75, 3.05) is 0 Å². The fourth-order valence-electron chi connectivity index (χ4n) is 0.828. The summed E-state index contributed by atoms with van der Waals surface area (Å²) in [5, 5.41) is 8.54. The van der Waals surface area contributed by atoms with Crippen LogP contribution >= 0.6 is 54.5 Å². The minimum Gasteiger partial charge on any atom is -0.391 e. The molecule has 0 saturated heterocycles. The second kappa shape index (κ2) is 7.34. The molecule has 2 nitrogen and oxygen atoms in total. The lowest BCUT2D eigenvalue weighted by Gasteiger charge is -1.79. The molecule has 0 aliphatic heterocycles. The van der Waals surface area contributed by atoms with Crippen molar-refractivity contribution >= 4 is 60.8 Å². The van der Waals surface area contributed by atoms with Gasteiger partial charge in [-0.1, -0.05) is 0 Å². The van der Waals surface area contributed by atoms with Gasteiger partial charge in [-0.15, -0.1) is 22.7 Å². The van der Waals surface area contributed by atoms with Gasteiger partial charge in [-0.2, -0.15) is 0 Å². The topological polar surface area (TPSA) is 37.3 Å². The van der Waals surface area contributed by atoms with Crippen LogP contribution in [0.1, 0.15) is 14.5 Å². The summed E-state index contributed by atoms with van der Waals surface area (Å²) < 4.78 is 2.07. The van der Waals surface area contributed by atoms with Gasteiger partial charge in [0.15, 0.2) is 6.29 Å². The van der Waals surface area contributed by atoms with Crippen molar-refractivity contribution in [1.29, 1.82) is 0 Å². The Hall–Kier alpha value is -0.0100. The van der Waals surface area contributed by atoms with Gasteiger partial charge in [-0.3, -0.25) is 4.79 Å². The van der Waals surface area contributed by atoms with Crippen LogP contribution in [0.15, 0.2) is 31.8 Å². The van der Waals surface area contributed by atoms with E-state index in [2.05, 4.69) is 31.9 Å². The van der Waals surface area contributed by atoms with E-state index >= 15 is 0 Å². The van der Waals surface area contributed by atoms with Crippen molar-refractivity contribution in [2.45, 2.75) is 6.61 Å². The van der Waals surface area contributed by atoms with E-state index in [0.717, 1.165) is 23.6 Å². The highest BCUT2D eigenvalue weighted by Gasteiger charge is 1.92. The third-order valence-corrected chi connectivity index (χ3v) is 4.65. The second-order valence-corrected chi connectivity index (χ2v) is 7.67. The molecule has 0 fully saturated rings. The minimum absolute atomic E-state index is 0.149. The second-order valence-electron chi connectivity index (χ2n) is 2.62. The van der Waals surface area contributed by atoms with Crippen molar-refractivity contribution in [1.82, 2.24) is 0 Å². The van der Waals surface area contributed by atoms with Gasteiger partial charge in [0, 0.05) is 4.88 Å². The molecule has 6 heteroatoms. The summed E-state index contributed by atoms with van der Waals surface area (Å²) in [6.07, 6.45) is 0.843. The minimum atomic E-state index is 0.149. The van der Waals surface area contributed by atoms with Crippen molar-refractivity contribution in [2.24, 2.45) is 0 Å². The van der Waals surface area contributed by atoms with Gasteiger partial charge in [-0.05, 0) is 56.1 Å². The average molecular weight is 384 g/mol. The number of rotatable bonds is 2. The molecular formula is C10H8Br2O2S2. The van der Waals surface area contributed by atoms with E-state index in [1.165, 1.54) is 11.3 Å². The van der Waals surface area contributed by atoms with Crippen LogP contribution < -0.4 is 0 Å². The van der Waals surface area contributed by atoms with E-state index in [-0.39, 0.29) is 6.61 Å². The standard InChI is InChI=1S/C5H5BrOS.C5H3BrOS/c2*6-5-2-1-4(3-7)8-5/h1-2,7H,3H2;1-3H. The number of hydrogen-bond acceptors (Lipinski definition) is 4. The zero-order valence-electron chi connectivity index (χ0n) is 8.02. The molecule has 0 amide bonds. The van der Waals surface area contributed by atoms with Gasteiger partial charge >= 0.3 is 0 Å². The van der Waals surface area contributed by atoms with Gasteiger partial charge < -0.3 is 5.11 Å². The van der Waals surface area contributed by atoms with Crippen molar-refractivity contribution < 1.29 is 9.90 Å². The van der Waals surface area contributed by atoms with Crippen LogP contribution in [0.4, 0.5) is 0 Å². The Labute approximate surface area is 118 Å². The first-order valence-corrected chi connectivity index (χ1v) is 7.43. The third kappa shape index (κ3) is 4.88. The summed E-state index contributed by atoms with van der Waals surface area (Å²) >= 11 is 9.50. The number of halogens is 2. The number of carbonyl (C=O) groups is 1. The number of aldehydes is 1. The molecule has 2 aromatic rings. The SMILES string of the molecule is O=Cc1ccc(Br)s1.OCc1ccc(Br)s1. The van der Waals surface area contributed by atoms with Gasteiger partial charge in [0.05, 0.1) is 19.1 Å². The van der Waals surface area contributed by atoms with E-state index in [1.54, 1.807) is 17.4 Å². The summed E-state index contributed by atoms with van der Waals surface area (Å²) in [4.78, 5) is 11.8. The van der Waals surface area contributed by atoms with Crippen LogP contribution in [0.5, 0.6) is 0 Å². The Morgan fingerprint density at radius 2 is 1.75 bits per heavy atom. The van der Waals surface area contributed by atoms with Gasteiger partial charge in [0.25, 0.3) is 0 Å². The fourth-order valence-corrected chi connectivity index (χ4v) is 3.41. The van der Waals surface area contributed by atoms with Crippen LogP contribution in [0, 0.1) is 0 Å². The van der Waals surface area contributed by atoms with Crippen LogP contribution in [-0.4, -0.2) is 11.4 Å². The molecule has 0 spiro atoms. The predicted molar refractivity (Wildman–Crippen MR) is 75.3 cm³/mol.